The predicted octanol–water partition coefficient (Wildman–Crippen LogP) is 2.34. The van der Waals surface area contributed by atoms with E-state index < -0.39 is 0 Å². The predicted molar refractivity (Wildman–Crippen MR) is 61.9 cm³/mol. The molecular formula is C12H15ClFNO. The molecule has 0 saturated heterocycles. The summed E-state index contributed by atoms with van der Waals surface area (Å²) < 4.78 is 13.0. The van der Waals surface area contributed by atoms with Gasteiger partial charge in [0.1, 0.15) is 5.82 Å². The molecule has 2 rings (SSSR count). The van der Waals surface area contributed by atoms with Crippen molar-refractivity contribution in [1.29, 1.82) is 0 Å². The Balaban J connectivity index is 1.85. The number of hydrogen-bond donors (Lipinski definition) is 2. The lowest BCUT2D eigenvalue weighted by molar-refractivity contribution is 0.207. The summed E-state index contributed by atoms with van der Waals surface area (Å²) in [5.41, 5.74) is 0.913. The number of hydrogen-bond acceptors (Lipinski definition) is 2. The second-order valence-corrected chi connectivity index (χ2v) is 4.98. The van der Waals surface area contributed by atoms with Crippen molar-refractivity contribution in [2.24, 2.45) is 5.41 Å². The van der Waals surface area contributed by atoms with E-state index in [-0.39, 0.29) is 17.8 Å². The Morgan fingerprint density at radius 1 is 1.38 bits per heavy atom. The van der Waals surface area contributed by atoms with Crippen LogP contribution in [0.3, 0.4) is 0 Å². The Labute approximate surface area is 99.4 Å². The van der Waals surface area contributed by atoms with Gasteiger partial charge in [0.25, 0.3) is 0 Å². The van der Waals surface area contributed by atoms with Gasteiger partial charge in [0.05, 0.1) is 0 Å². The first-order valence-electron chi connectivity index (χ1n) is 5.40. The maximum absolute atomic E-state index is 13.0. The number of aliphatic hydroxyl groups excluding tert-OH is 1. The lowest BCUT2D eigenvalue weighted by Gasteiger charge is -2.12. The SMILES string of the molecule is OCC1(CNCc2cc(F)cc(Cl)c2)CC1. The first-order valence-corrected chi connectivity index (χ1v) is 5.78. The number of halogens is 2. The van der Waals surface area contributed by atoms with E-state index in [9.17, 15) is 4.39 Å². The maximum atomic E-state index is 13.0. The second kappa shape index (κ2) is 4.70. The molecule has 2 nitrogen and oxygen atoms in total. The Hall–Kier alpha value is -0.640. The standard InChI is InChI=1S/C12H15ClFNO/c13-10-3-9(4-11(14)5-10)6-15-7-12(8-16)1-2-12/h3-5,15-16H,1-2,6-8H2. The molecule has 1 aromatic rings. The van der Waals surface area contributed by atoms with Crippen LogP contribution in [-0.2, 0) is 6.54 Å². The molecular weight excluding hydrogens is 229 g/mol. The quantitative estimate of drug-likeness (QED) is 0.832. The number of aliphatic hydroxyl groups is 1. The maximum Gasteiger partial charge on any atom is 0.125 e. The molecule has 1 aliphatic carbocycles. The highest BCUT2D eigenvalue weighted by Gasteiger charge is 2.41. The zero-order valence-corrected chi connectivity index (χ0v) is 9.73. The summed E-state index contributed by atoms with van der Waals surface area (Å²) in [5, 5.41) is 12.8. The lowest BCUT2D eigenvalue weighted by atomic mass is 10.1. The molecule has 0 radical (unpaired) electrons. The minimum Gasteiger partial charge on any atom is -0.396 e. The van der Waals surface area contributed by atoms with Crippen molar-refractivity contribution in [3.05, 3.63) is 34.6 Å². The van der Waals surface area contributed by atoms with Crippen molar-refractivity contribution < 1.29 is 9.50 Å². The Kier molecular flexibility index (Phi) is 3.47. The zero-order chi connectivity index (χ0) is 11.6. The average Bonchev–Trinajstić information content (AvgIpc) is 2.97. The van der Waals surface area contributed by atoms with E-state index in [4.69, 9.17) is 16.7 Å². The van der Waals surface area contributed by atoms with Crippen molar-refractivity contribution in [2.45, 2.75) is 19.4 Å². The van der Waals surface area contributed by atoms with E-state index in [1.165, 1.54) is 12.1 Å². The van der Waals surface area contributed by atoms with Crippen LogP contribution in [0.2, 0.25) is 5.02 Å². The fraction of sp³-hybridized carbons (Fsp3) is 0.500. The van der Waals surface area contributed by atoms with E-state index in [0.717, 1.165) is 24.9 Å². The average molecular weight is 244 g/mol. The summed E-state index contributed by atoms with van der Waals surface area (Å²) in [6.07, 6.45) is 2.14. The highest BCUT2D eigenvalue weighted by molar-refractivity contribution is 6.30. The molecule has 0 aromatic heterocycles. The smallest absolute Gasteiger partial charge is 0.125 e. The van der Waals surface area contributed by atoms with Crippen LogP contribution in [0.4, 0.5) is 4.39 Å². The van der Waals surface area contributed by atoms with Gasteiger partial charge in [0.2, 0.25) is 0 Å². The van der Waals surface area contributed by atoms with Gasteiger partial charge in [-0.3, -0.25) is 0 Å². The second-order valence-electron chi connectivity index (χ2n) is 4.54. The molecule has 0 heterocycles. The molecule has 1 aliphatic rings. The van der Waals surface area contributed by atoms with Crippen molar-refractivity contribution in [2.75, 3.05) is 13.2 Å². The highest BCUT2D eigenvalue weighted by atomic mass is 35.5. The van der Waals surface area contributed by atoms with Crippen molar-refractivity contribution in [3.8, 4) is 0 Å². The van der Waals surface area contributed by atoms with Crippen LogP contribution in [-0.4, -0.2) is 18.3 Å². The first kappa shape index (κ1) is 11.8. The van der Waals surface area contributed by atoms with Crippen molar-refractivity contribution >= 4 is 11.6 Å². The molecule has 0 bridgehead atoms. The minimum absolute atomic E-state index is 0.0805. The van der Waals surface area contributed by atoms with Crippen LogP contribution in [0.5, 0.6) is 0 Å². The fourth-order valence-electron chi connectivity index (χ4n) is 1.75. The van der Waals surface area contributed by atoms with Gasteiger partial charge >= 0.3 is 0 Å². The van der Waals surface area contributed by atoms with Gasteiger partial charge in [-0.1, -0.05) is 11.6 Å². The molecule has 1 aromatic carbocycles. The van der Waals surface area contributed by atoms with Gasteiger partial charge in [-0.2, -0.15) is 0 Å². The summed E-state index contributed by atoms with van der Waals surface area (Å²) in [6, 6.07) is 4.51. The molecule has 2 N–H and O–H groups in total. The highest BCUT2D eigenvalue weighted by Crippen LogP contribution is 2.44. The lowest BCUT2D eigenvalue weighted by Crippen LogP contribution is -2.26. The molecule has 4 heteroatoms. The van der Waals surface area contributed by atoms with Crippen LogP contribution in [0, 0.1) is 11.2 Å². The molecule has 0 unspecified atom stereocenters. The van der Waals surface area contributed by atoms with E-state index >= 15 is 0 Å². The first-order chi connectivity index (χ1) is 7.63. The topological polar surface area (TPSA) is 32.3 Å². The summed E-state index contributed by atoms with van der Waals surface area (Å²) in [4.78, 5) is 0. The molecule has 1 saturated carbocycles. The number of nitrogens with one attached hydrogen (secondary N) is 1. The van der Waals surface area contributed by atoms with E-state index in [1.54, 1.807) is 6.07 Å². The summed E-state index contributed by atoms with van der Waals surface area (Å²) >= 11 is 5.75. The Bertz CT molecular complexity index is 359. The van der Waals surface area contributed by atoms with Crippen LogP contribution >= 0.6 is 11.6 Å². The van der Waals surface area contributed by atoms with Gasteiger partial charge in [-0.05, 0) is 36.6 Å². The third-order valence-corrected chi connectivity index (χ3v) is 3.26. The monoisotopic (exact) mass is 243 g/mol. The molecule has 0 aliphatic heterocycles. The molecule has 0 amide bonds. The summed E-state index contributed by atoms with van der Waals surface area (Å²) in [5.74, 6) is -0.312. The van der Waals surface area contributed by atoms with Crippen molar-refractivity contribution in [1.82, 2.24) is 5.32 Å². The van der Waals surface area contributed by atoms with Crippen LogP contribution in [0.15, 0.2) is 18.2 Å². The largest absolute Gasteiger partial charge is 0.396 e. The molecule has 1 fully saturated rings. The minimum atomic E-state index is -0.312. The fourth-order valence-corrected chi connectivity index (χ4v) is 2.00. The Morgan fingerprint density at radius 3 is 2.69 bits per heavy atom. The van der Waals surface area contributed by atoms with Gasteiger partial charge in [-0.15, -0.1) is 0 Å². The molecule has 16 heavy (non-hydrogen) atoms. The summed E-state index contributed by atoms with van der Waals surface area (Å²) in [7, 11) is 0. The van der Waals surface area contributed by atoms with E-state index in [1.807, 2.05) is 0 Å². The van der Waals surface area contributed by atoms with E-state index in [2.05, 4.69) is 5.32 Å². The number of benzene rings is 1. The van der Waals surface area contributed by atoms with Crippen LogP contribution in [0.25, 0.3) is 0 Å². The normalized spacial score (nSPS) is 17.4. The van der Waals surface area contributed by atoms with Crippen molar-refractivity contribution in [3.63, 3.8) is 0 Å². The summed E-state index contributed by atoms with van der Waals surface area (Å²) in [6.45, 7) is 1.58. The Morgan fingerprint density at radius 2 is 2.12 bits per heavy atom. The third kappa shape index (κ3) is 2.94. The number of rotatable bonds is 5. The third-order valence-electron chi connectivity index (χ3n) is 3.04. The van der Waals surface area contributed by atoms with Gasteiger partial charge in [0.15, 0.2) is 0 Å². The van der Waals surface area contributed by atoms with Crippen LogP contribution in [0.1, 0.15) is 18.4 Å². The van der Waals surface area contributed by atoms with Gasteiger partial charge < -0.3 is 10.4 Å². The molecule has 0 spiro atoms. The molecule has 88 valence electrons. The van der Waals surface area contributed by atoms with Gasteiger partial charge in [0, 0.05) is 30.1 Å². The van der Waals surface area contributed by atoms with E-state index in [0.29, 0.717) is 11.6 Å². The zero-order valence-electron chi connectivity index (χ0n) is 8.97. The van der Waals surface area contributed by atoms with Crippen LogP contribution < -0.4 is 5.32 Å². The molecule has 0 atom stereocenters. The van der Waals surface area contributed by atoms with Gasteiger partial charge in [-0.25, -0.2) is 4.39 Å².